The van der Waals surface area contributed by atoms with E-state index < -0.39 is 0 Å². The number of aromatic nitrogens is 2. The fourth-order valence-corrected chi connectivity index (χ4v) is 2.18. The van der Waals surface area contributed by atoms with Crippen molar-refractivity contribution in [3.8, 4) is 0 Å². The van der Waals surface area contributed by atoms with Crippen LogP contribution in [0, 0.1) is 10.4 Å². The Morgan fingerprint density at radius 2 is 1.80 bits per heavy atom. The fraction of sp³-hybridized carbons (Fsp3) is 0.333. The number of aliphatic hydroxyl groups excluding tert-OH is 2. The first-order valence-electron chi connectivity index (χ1n) is 6.09. The van der Waals surface area contributed by atoms with E-state index in [0.29, 0.717) is 20.5 Å². The molecule has 0 radical (unpaired) electrons. The van der Waals surface area contributed by atoms with E-state index in [1.807, 2.05) is 0 Å². The minimum absolute atomic E-state index is 0.118. The van der Waals surface area contributed by atoms with Gasteiger partial charge in [0.05, 0.1) is 18.9 Å². The summed E-state index contributed by atoms with van der Waals surface area (Å²) in [6.07, 6.45) is 2.09. The molecule has 0 bridgehead atoms. The molecular weight excluding hydrogens is 264 g/mol. The molecule has 0 saturated heterocycles. The van der Waals surface area contributed by atoms with Crippen molar-refractivity contribution in [3.63, 3.8) is 0 Å². The lowest BCUT2D eigenvalue weighted by Gasteiger charge is -2.23. The van der Waals surface area contributed by atoms with Crippen LogP contribution >= 0.6 is 0 Å². The zero-order valence-electron chi connectivity index (χ0n) is 10.8. The van der Waals surface area contributed by atoms with Crippen LogP contribution in [0.2, 0.25) is 0 Å². The summed E-state index contributed by atoms with van der Waals surface area (Å²) in [7, 11) is 0. The van der Waals surface area contributed by atoms with Gasteiger partial charge in [-0.1, -0.05) is 0 Å². The Kier molecular flexibility index (Phi) is 4.06. The van der Waals surface area contributed by atoms with E-state index in [1.54, 1.807) is 17.0 Å². The van der Waals surface area contributed by atoms with Gasteiger partial charge in [-0.25, -0.2) is 0 Å². The second kappa shape index (κ2) is 5.76. The van der Waals surface area contributed by atoms with Gasteiger partial charge in [-0.05, 0) is 12.1 Å². The van der Waals surface area contributed by atoms with E-state index in [0.717, 1.165) is 6.33 Å². The number of hydrogen-bond donors (Lipinski definition) is 3. The Morgan fingerprint density at radius 1 is 1.15 bits per heavy atom. The molecule has 1 heterocycles. The Labute approximate surface area is 115 Å². The molecule has 2 aromatic rings. The molecule has 1 aromatic carbocycles. The van der Waals surface area contributed by atoms with E-state index in [1.165, 1.54) is 6.20 Å². The van der Waals surface area contributed by atoms with E-state index in [4.69, 9.17) is 15.9 Å². The van der Waals surface area contributed by atoms with E-state index in [2.05, 4.69) is 0 Å². The van der Waals surface area contributed by atoms with Gasteiger partial charge >= 0.3 is 6.33 Å². The number of hydrogen-bond acceptors (Lipinski definition) is 6. The lowest BCUT2D eigenvalue weighted by molar-refractivity contribution is -0.730. The molecule has 4 N–H and O–H groups in total. The average molecular weight is 280 g/mol. The number of aliphatic hydroxyl groups is 2. The van der Waals surface area contributed by atoms with Crippen LogP contribution in [-0.4, -0.2) is 36.5 Å². The number of anilines is 2. The quantitative estimate of drug-likeness (QED) is 0.347. The third-order valence-corrected chi connectivity index (χ3v) is 3.00. The number of fused-ring (bicyclic) bond motifs is 1. The predicted molar refractivity (Wildman–Crippen MR) is 72.7 cm³/mol. The molecule has 1 aromatic heterocycles. The second-order valence-corrected chi connectivity index (χ2v) is 4.30. The monoisotopic (exact) mass is 280 g/mol. The molecule has 0 fully saturated rings. The fourth-order valence-electron chi connectivity index (χ4n) is 2.18. The number of benzene rings is 1. The maximum absolute atomic E-state index is 11.8. The molecule has 0 aliphatic carbocycles. The van der Waals surface area contributed by atoms with Crippen LogP contribution in [0.3, 0.4) is 0 Å². The van der Waals surface area contributed by atoms with Crippen LogP contribution in [-0.2, 0) is 0 Å². The van der Waals surface area contributed by atoms with Crippen LogP contribution in [0.4, 0.5) is 11.4 Å². The molecule has 2 rings (SSSR count). The van der Waals surface area contributed by atoms with Crippen molar-refractivity contribution in [1.82, 2.24) is 0 Å². The maximum Gasteiger partial charge on any atom is 0.430 e. The van der Waals surface area contributed by atoms with Crippen LogP contribution in [0.1, 0.15) is 0 Å². The first-order valence-corrected chi connectivity index (χ1v) is 6.09. The third kappa shape index (κ3) is 2.51. The summed E-state index contributed by atoms with van der Waals surface area (Å²) in [4.78, 5) is 1.68. The molecule has 0 aliphatic heterocycles. The standard InChI is InChI=1S/C12H16N4O4/c13-10-1-2-11(14(3-5-17)4-6-18)9-7-15(19)8-16(20)12(9)10/h1-2,7-8,17-18H,3-6,13H2. The molecule has 20 heavy (non-hydrogen) atoms. The lowest BCUT2D eigenvalue weighted by atomic mass is 10.1. The summed E-state index contributed by atoms with van der Waals surface area (Å²) < 4.78 is 0.811. The lowest BCUT2D eigenvalue weighted by Crippen LogP contribution is -2.41. The largest absolute Gasteiger partial charge is 0.614 e. The normalized spacial score (nSPS) is 10.9. The molecule has 0 amide bonds. The third-order valence-electron chi connectivity index (χ3n) is 3.00. The average Bonchev–Trinajstić information content (AvgIpc) is 2.38. The Morgan fingerprint density at radius 3 is 2.40 bits per heavy atom. The number of nitrogens with zero attached hydrogens (tertiary/aromatic N) is 3. The van der Waals surface area contributed by atoms with Gasteiger partial charge in [-0.2, -0.15) is 0 Å². The minimum Gasteiger partial charge on any atom is -0.614 e. The Hall–Kier alpha value is -2.32. The van der Waals surface area contributed by atoms with Crippen LogP contribution in [0.15, 0.2) is 24.7 Å². The summed E-state index contributed by atoms with van der Waals surface area (Å²) in [5.41, 5.74) is 6.78. The molecule has 0 unspecified atom stereocenters. The van der Waals surface area contributed by atoms with Crippen molar-refractivity contribution >= 4 is 22.3 Å². The first kappa shape index (κ1) is 14.1. The second-order valence-electron chi connectivity index (χ2n) is 4.30. The van der Waals surface area contributed by atoms with Crippen LogP contribution in [0.25, 0.3) is 10.9 Å². The first-order chi connectivity index (χ1) is 9.58. The van der Waals surface area contributed by atoms with Gasteiger partial charge in [-0.3, -0.25) is 0 Å². The van der Waals surface area contributed by atoms with Gasteiger partial charge in [0.2, 0.25) is 6.20 Å². The number of nitrogen functional groups attached to an aromatic ring is 1. The zero-order valence-corrected chi connectivity index (χ0v) is 10.8. The smallest absolute Gasteiger partial charge is 0.430 e. The van der Waals surface area contributed by atoms with Gasteiger partial charge in [0.15, 0.2) is 0 Å². The van der Waals surface area contributed by atoms with Crippen LogP contribution < -0.4 is 20.1 Å². The van der Waals surface area contributed by atoms with Gasteiger partial charge in [0.25, 0.3) is 5.52 Å². The molecule has 108 valence electrons. The van der Waals surface area contributed by atoms with E-state index in [-0.39, 0.29) is 37.5 Å². The SMILES string of the molecule is Nc1ccc(N(CCO)CCO)c2c[n+]([O-])c[n+]([O-])c12. The molecule has 8 heteroatoms. The number of nitrogens with two attached hydrogens (primary N) is 1. The highest BCUT2D eigenvalue weighted by molar-refractivity contribution is 5.96. The summed E-state index contributed by atoms with van der Waals surface area (Å²) in [5, 5.41) is 41.8. The Balaban J connectivity index is 2.66. The van der Waals surface area contributed by atoms with Gasteiger partial charge in [0, 0.05) is 13.1 Å². The van der Waals surface area contributed by atoms with Crippen LogP contribution in [0.5, 0.6) is 0 Å². The Bertz CT molecular complexity index is 614. The van der Waals surface area contributed by atoms with E-state index >= 15 is 0 Å². The summed E-state index contributed by atoms with van der Waals surface area (Å²) in [6, 6.07) is 3.21. The minimum atomic E-state index is -0.118. The van der Waals surface area contributed by atoms with Crippen molar-refractivity contribution < 1.29 is 19.7 Å². The molecule has 0 atom stereocenters. The number of rotatable bonds is 5. The van der Waals surface area contributed by atoms with Gasteiger partial charge in [0.1, 0.15) is 11.1 Å². The molecule has 8 nitrogen and oxygen atoms in total. The molecule has 0 spiro atoms. The molecule has 0 saturated carbocycles. The van der Waals surface area contributed by atoms with Crippen molar-refractivity contribution in [2.24, 2.45) is 0 Å². The molecular formula is C12H16N4O4. The topological polar surface area (TPSA) is 124 Å². The van der Waals surface area contributed by atoms with Gasteiger partial charge in [-0.15, -0.1) is 9.46 Å². The summed E-state index contributed by atoms with van der Waals surface area (Å²) in [5.74, 6) is 0. The molecule has 0 aliphatic rings. The van der Waals surface area contributed by atoms with Crippen molar-refractivity contribution in [2.45, 2.75) is 0 Å². The maximum atomic E-state index is 11.8. The highest BCUT2D eigenvalue weighted by Gasteiger charge is 2.19. The van der Waals surface area contributed by atoms with Crippen molar-refractivity contribution in [3.05, 3.63) is 35.1 Å². The zero-order chi connectivity index (χ0) is 14.7. The highest BCUT2D eigenvalue weighted by atomic mass is 16.5. The predicted octanol–water partition coefficient (Wildman–Crippen LogP) is -1.52. The highest BCUT2D eigenvalue weighted by Crippen LogP contribution is 2.27. The van der Waals surface area contributed by atoms with Gasteiger partial charge < -0.3 is 31.3 Å². The van der Waals surface area contributed by atoms with Crippen molar-refractivity contribution in [1.29, 1.82) is 0 Å². The van der Waals surface area contributed by atoms with Crippen molar-refractivity contribution in [2.75, 3.05) is 36.9 Å². The summed E-state index contributed by atoms with van der Waals surface area (Å²) >= 11 is 0. The summed E-state index contributed by atoms with van der Waals surface area (Å²) in [6.45, 7) is 0.305. The van der Waals surface area contributed by atoms with E-state index in [9.17, 15) is 10.4 Å².